The number of rotatable bonds is 7. The van der Waals surface area contributed by atoms with E-state index in [2.05, 4.69) is 23.9 Å². The van der Waals surface area contributed by atoms with Crippen LogP contribution in [-0.4, -0.2) is 19.9 Å². The van der Waals surface area contributed by atoms with Gasteiger partial charge in [0.2, 0.25) is 10.0 Å². The summed E-state index contributed by atoms with van der Waals surface area (Å²) in [6.07, 6.45) is 0. The first kappa shape index (κ1) is 18.9. The van der Waals surface area contributed by atoms with Crippen molar-refractivity contribution in [3.05, 3.63) is 58.1 Å². The van der Waals surface area contributed by atoms with E-state index in [1.807, 2.05) is 24.3 Å². The highest BCUT2D eigenvalue weighted by Gasteiger charge is 2.21. The number of sulfonamides is 1. The molecule has 8 heteroatoms. The van der Waals surface area contributed by atoms with Gasteiger partial charge in [0.05, 0.1) is 9.82 Å². The molecule has 0 unspecified atom stereocenters. The fraction of sp³-hybridized carbons (Fsp3) is 0.294. The molecule has 0 saturated carbocycles. The van der Waals surface area contributed by atoms with Gasteiger partial charge in [-0.25, -0.2) is 13.1 Å². The summed E-state index contributed by atoms with van der Waals surface area (Å²) in [5, 5.41) is 14.3. The Hall–Kier alpha value is -2.45. The first-order valence-corrected chi connectivity index (χ1v) is 9.38. The van der Waals surface area contributed by atoms with E-state index >= 15 is 0 Å². The number of anilines is 2. The molecule has 0 aliphatic carbocycles. The summed E-state index contributed by atoms with van der Waals surface area (Å²) in [5.74, 6) is 0.388. The zero-order valence-corrected chi connectivity index (χ0v) is 15.1. The van der Waals surface area contributed by atoms with Gasteiger partial charge in [-0.05, 0) is 35.7 Å². The number of nitrogens with one attached hydrogen (secondary N) is 2. The van der Waals surface area contributed by atoms with Crippen LogP contribution >= 0.6 is 0 Å². The van der Waals surface area contributed by atoms with Crippen LogP contribution in [0.1, 0.15) is 32.3 Å². The fourth-order valence-electron chi connectivity index (χ4n) is 2.32. The number of hydrogen-bond acceptors (Lipinski definition) is 5. The smallest absolute Gasteiger partial charge is 0.294 e. The minimum atomic E-state index is -3.75. The Morgan fingerprint density at radius 2 is 1.76 bits per heavy atom. The van der Waals surface area contributed by atoms with Crippen molar-refractivity contribution in [2.45, 2.75) is 31.6 Å². The molecule has 0 aliphatic heterocycles. The first-order valence-electron chi connectivity index (χ1n) is 7.89. The maximum Gasteiger partial charge on any atom is 0.294 e. The largest absolute Gasteiger partial charge is 0.350 e. The van der Waals surface area contributed by atoms with Crippen LogP contribution in [0, 0.1) is 10.1 Å². The number of nitro groups is 1. The van der Waals surface area contributed by atoms with Gasteiger partial charge in [0.1, 0.15) is 5.69 Å². The Balaban J connectivity index is 2.36. The molecule has 0 bridgehead atoms. The van der Waals surface area contributed by atoms with Crippen molar-refractivity contribution in [1.29, 1.82) is 0 Å². The normalized spacial score (nSPS) is 11.5. The van der Waals surface area contributed by atoms with Crippen molar-refractivity contribution in [1.82, 2.24) is 4.72 Å². The second kappa shape index (κ2) is 7.62. The fourth-order valence-corrected chi connectivity index (χ4v) is 3.38. The molecule has 7 nitrogen and oxygen atoms in total. The van der Waals surface area contributed by atoms with Gasteiger partial charge < -0.3 is 5.32 Å². The van der Waals surface area contributed by atoms with Gasteiger partial charge in [0.25, 0.3) is 5.69 Å². The van der Waals surface area contributed by atoms with Crippen molar-refractivity contribution in [2.24, 2.45) is 0 Å². The van der Waals surface area contributed by atoms with Gasteiger partial charge in [-0.2, -0.15) is 0 Å². The summed E-state index contributed by atoms with van der Waals surface area (Å²) in [6.45, 7) is 6.01. The molecule has 0 heterocycles. The lowest BCUT2D eigenvalue weighted by Gasteiger charge is -2.11. The second-order valence-electron chi connectivity index (χ2n) is 5.84. The van der Waals surface area contributed by atoms with Crippen LogP contribution < -0.4 is 10.0 Å². The lowest BCUT2D eigenvalue weighted by atomic mass is 10.0. The standard InChI is InChI=1S/C17H21N3O4S/c1-4-18-25(23,24)15-9-10-16(17(11-15)20(21)22)19-14-7-5-13(6-8-14)12(2)3/h5-12,18-19H,4H2,1-3H3. The van der Waals surface area contributed by atoms with Crippen LogP contribution in [0.2, 0.25) is 0 Å². The molecule has 0 aliphatic rings. The lowest BCUT2D eigenvalue weighted by Crippen LogP contribution is -2.23. The number of benzene rings is 2. The summed E-state index contributed by atoms with van der Waals surface area (Å²) >= 11 is 0. The van der Waals surface area contributed by atoms with Crippen LogP contribution in [0.5, 0.6) is 0 Å². The molecule has 0 aromatic heterocycles. The van der Waals surface area contributed by atoms with Crippen molar-refractivity contribution in [3.8, 4) is 0 Å². The monoisotopic (exact) mass is 363 g/mol. The molecule has 0 fully saturated rings. The molecular formula is C17H21N3O4S. The quantitative estimate of drug-likeness (QED) is 0.576. The van der Waals surface area contributed by atoms with Crippen LogP contribution in [-0.2, 0) is 10.0 Å². The highest BCUT2D eigenvalue weighted by atomic mass is 32.2. The zero-order valence-electron chi connectivity index (χ0n) is 14.3. The number of hydrogen-bond donors (Lipinski definition) is 2. The van der Waals surface area contributed by atoms with Gasteiger partial charge in [-0.15, -0.1) is 0 Å². The Bertz CT molecular complexity index is 862. The van der Waals surface area contributed by atoms with Gasteiger partial charge >= 0.3 is 0 Å². The number of nitrogens with zero attached hydrogens (tertiary/aromatic N) is 1. The van der Waals surface area contributed by atoms with E-state index in [1.165, 1.54) is 12.1 Å². The van der Waals surface area contributed by atoms with Gasteiger partial charge in [0, 0.05) is 18.3 Å². The summed E-state index contributed by atoms with van der Waals surface area (Å²) in [5.41, 5.74) is 1.78. The average molecular weight is 363 g/mol. The molecule has 2 N–H and O–H groups in total. The third-order valence-electron chi connectivity index (χ3n) is 3.67. The van der Waals surface area contributed by atoms with Crippen LogP contribution in [0.25, 0.3) is 0 Å². The second-order valence-corrected chi connectivity index (χ2v) is 7.61. The Morgan fingerprint density at radius 3 is 2.28 bits per heavy atom. The molecule has 25 heavy (non-hydrogen) atoms. The Kier molecular flexibility index (Phi) is 5.76. The summed E-state index contributed by atoms with van der Waals surface area (Å²) in [7, 11) is -3.75. The van der Waals surface area contributed by atoms with Crippen molar-refractivity contribution < 1.29 is 13.3 Å². The zero-order chi connectivity index (χ0) is 18.6. The molecule has 0 amide bonds. The van der Waals surface area contributed by atoms with E-state index in [0.29, 0.717) is 11.6 Å². The molecule has 134 valence electrons. The summed E-state index contributed by atoms with van der Waals surface area (Å²) in [4.78, 5) is 10.6. The molecule has 2 rings (SSSR count). The Morgan fingerprint density at radius 1 is 1.12 bits per heavy atom. The van der Waals surface area contributed by atoms with E-state index in [9.17, 15) is 18.5 Å². The maximum absolute atomic E-state index is 12.0. The van der Waals surface area contributed by atoms with Gasteiger partial charge in [-0.3, -0.25) is 10.1 Å². The van der Waals surface area contributed by atoms with E-state index < -0.39 is 14.9 Å². The molecule has 2 aromatic rings. The van der Waals surface area contributed by atoms with Crippen LogP contribution in [0.3, 0.4) is 0 Å². The van der Waals surface area contributed by atoms with Crippen LogP contribution in [0.4, 0.5) is 17.1 Å². The predicted molar refractivity (Wildman–Crippen MR) is 97.8 cm³/mol. The molecular weight excluding hydrogens is 342 g/mol. The summed E-state index contributed by atoms with van der Waals surface area (Å²) in [6, 6.07) is 11.4. The van der Waals surface area contributed by atoms with Crippen molar-refractivity contribution in [2.75, 3.05) is 11.9 Å². The third kappa shape index (κ3) is 4.55. The molecule has 0 spiro atoms. The predicted octanol–water partition coefficient (Wildman–Crippen LogP) is 3.76. The van der Waals surface area contributed by atoms with Gasteiger partial charge in [0.15, 0.2) is 0 Å². The van der Waals surface area contributed by atoms with Crippen molar-refractivity contribution in [3.63, 3.8) is 0 Å². The molecule has 2 aromatic carbocycles. The third-order valence-corrected chi connectivity index (χ3v) is 5.21. The minimum absolute atomic E-state index is 0.137. The lowest BCUT2D eigenvalue weighted by molar-refractivity contribution is -0.384. The highest BCUT2D eigenvalue weighted by Crippen LogP contribution is 2.30. The van der Waals surface area contributed by atoms with E-state index in [-0.39, 0.29) is 22.8 Å². The Labute approximate surface area is 147 Å². The number of nitro benzene ring substituents is 1. The maximum atomic E-state index is 12.0. The van der Waals surface area contributed by atoms with E-state index in [4.69, 9.17) is 0 Å². The molecule has 0 radical (unpaired) electrons. The van der Waals surface area contributed by atoms with E-state index in [1.54, 1.807) is 6.92 Å². The molecule has 0 atom stereocenters. The topological polar surface area (TPSA) is 101 Å². The summed E-state index contributed by atoms with van der Waals surface area (Å²) < 4.78 is 26.4. The van der Waals surface area contributed by atoms with Crippen molar-refractivity contribution >= 4 is 27.1 Å². The average Bonchev–Trinajstić information content (AvgIpc) is 2.55. The minimum Gasteiger partial charge on any atom is -0.350 e. The van der Waals surface area contributed by atoms with Gasteiger partial charge in [-0.1, -0.05) is 32.9 Å². The first-order chi connectivity index (χ1) is 11.7. The van der Waals surface area contributed by atoms with Crippen LogP contribution in [0.15, 0.2) is 47.4 Å². The molecule has 0 saturated heterocycles. The van der Waals surface area contributed by atoms with E-state index in [0.717, 1.165) is 11.6 Å². The highest BCUT2D eigenvalue weighted by molar-refractivity contribution is 7.89. The SMILES string of the molecule is CCNS(=O)(=O)c1ccc(Nc2ccc(C(C)C)cc2)c([N+](=O)[O-])c1.